The first-order valence-electron chi connectivity index (χ1n) is 8.00. The lowest BCUT2D eigenvalue weighted by atomic mass is 10.2. The molecule has 0 N–H and O–H groups in total. The van der Waals surface area contributed by atoms with Crippen LogP contribution in [0.5, 0.6) is 0 Å². The summed E-state index contributed by atoms with van der Waals surface area (Å²) in [5, 5.41) is 0. The number of halogens is 3. The third-order valence-electron chi connectivity index (χ3n) is 4.31. The highest BCUT2D eigenvalue weighted by Crippen LogP contribution is 2.25. The van der Waals surface area contributed by atoms with E-state index >= 15 is 0 Å². The largest absolute Gasteiger partial charge is 0.421 e. The fourth-order valence-corrected chi connectivity index (χ4v) is 2.92. The third-order valence-corrected chi connectivity index (χ3v) is 4.31. The van der Waals surface area contributed by atoms with Crippen molar-refractivity contribution in [2.24, 2.45) is 14.1 Å². The Kier molecular flexibility index (Phi) is 4.54. The molecule has 0 saturated carbocycles. The summed E-state index contributed by atoms with van der Waals surface area (Å²) < 4.78 is 43.1. The van der Waals surface area contributed by atoms with E-state index in [4.69, 9.17) is 0 Å². The van der Waals surface area contributed by atoms with Crippen molar-refractivity contribution in [2.75, 3.05) is 0 Å². The molecule has 27 heavy (non-hydrogen) atoms. The second-order valence-electron chi connectivity index (χ2n) is 6.10. The number of rotatable bonds is 4. The summed E-state index contributed by atoms with van der Waals surface area (Å²) in [5.74, 6) is 0. The Bertz CT molecular complexity index is 1180. The van der Waals surface area contributed by atoms with Crippen LogP contribution < -0.4 is 16.8 Å². The predicted molar refractivity (Wildman–Crippen MR) is 90.5 cm³/mol. The smallest absolute Gasteiger partial charge is 0.328 e. The van der Waals surface area contributed by atoms with Crippen molar-refractivity contribution in [1.82, 2.24) is 23.3 Å². The highest BCUT2D eigenvalue weighted by molar-refractivity contribution is 5.69. The summed E-state index contributed by atoms with van der Waals surface area (Å²) in [7, 11) is 3.10. The fourth-order valence-electron chi connectivity index (χ4n) is 2.92. The standard InChI is InChI=1S/C16H16F3N5O3/c1-21-9-20-12-11(21)14(26)24(15(27)22(12)2)8-4-7-23-6-3-5-10(13(23)25)16(17,18)19/h3,5-6,9H,4,7-8H2,1-2H3. The summed E-state index contributed by atoms with van der Waals surface area (Å²) in [6.45, 7) is -0.114. The van der Waals surface area contributed by atoms with E-state index in [2.05, 4.69) is 4.98 Å². The molecule has 8 nitrogen and oxygen atoms in total. The Hall–Kier alpha value is -3.11. The van der Waals surface area contributed by atoms with Crippen LogP contribution in [0.15, 0.2) is 39.0 Å². The Balaban J connectivity index is 1.89. The molecule has 0 amide bonds. The van der Waals surface area contributed by atoms with E-state index in [-0.39, 0.29) is 30.7 Å². The third kappa shape index (κ3) is 3.20. The van der Waals surface area contributed by atoms with Crippen molar-refractivity contribution in [2.45, 2.75) is 25.7 Å². The van der Waals surface area contributed by atoms with Crippen LogP contribution in [0.2, 0.25) is 0 Å². The molecule has 0 radical (unpaired) electrons. The number of hydrogen-bond acceptors (Lipinski definition) is 4. The number of nitrogens with zero attached hydrogens (tertiary/aromatic N) is 5. The maximum absolute atomic E-state index is 12.8. The van der Waals surface area contributed by atoms with Crippen LogP contribution in [0, 0.1) is 0 Å². The lowest BCUT2D eigenvalue weighted by molar-refractivity contribution is -0.139. The highest BCUT2D eigenvalue weighted by Gasteiger charge is 2.34. The number of imidazole rings is 1. The van der Waals surface area contributed by atoms with Crippen LogP contribution >= 0.6 is 0 Å². The topological polar surface area (TPSA) is 83.8 Å². The van der Waals surface area contributed by atoms with Crippen molar-refractivity contribution >= 4 is 11.2 Å². The van der Waals surface area contributed by atoms with Crippen LogP contribution in [-0.4, -0.2) is 23.3 Å². The van der Waals surface area contributed by atoms with Gasteiger partial charge in [0.25, 0.3) is 11.1 Å². The zero-order valence-corrected chi connectivity index (χ0v) is 14.5. The predicted octanol–water partition coefficient (Wildman–Crippen LogP) is 0.704. The number of aromatic nitrogens is 5. The van der Waals surface area contributed by atoms with Gasteiger partial charge in [-0.25, -0.2) is 9.78 Å². The van der Waals surface area contributed by atoms with Crippen molar-refractivity contribution in [3.8, 4) is 0 Å². The van der Waals surface area contributed by atoms with Gasteiger partial charge in [-0.3, -0.25) is 18.7 Å². The van der Waals surface area contributed by atoms with Crippen LogP contribution in [0.4, 0.5) is 13.2 Å². The first-order chi connectivity index (χ1) is 12.6. The molecule has 0 saturated heterocycles. The van der Waals surface area contributed by atoms with Crippen LogP contribution in [0.3, 0.4) is 0 Å². The monoisotopic (exact) mass is 383 g/mol. The molecule has 0 aromatic carbocycles. The molecule has 0 atom stereocenters. The Morgan fingerprint density at radius 3 is 2.44 bits per heavy atom. The van der Waals surface area contributed by atoms with Crippen LogP contribution in [0.1, 0.15) is 12.0 Å². The summed E-state index contributed by atoms with van der Waals surface area (Å²) in [5.41, 5.74) is -3.04. The van der Waals surface area contributed by atoms with E-state index < -0.39 is 28.5 Å². The Labute approximate surface area is 149 Å². The first kappa shape index (κ1) is 18.7. The van der Waals surface area contributed by atoms with Gasteiger partial charge in [-0.05, 0) is 18.6 Å². The van der Waals surface area contributed by atoms with E-state index in [0.717, 1.165) is 21.3 Å². The molecule has 3 heterocycles. The summed E-state index contributed by atoms with van der Waals surface area (Å²) in [4.78, 5) is 40.9. The van der Waals surface area contributed by atoms with Crippen molar-refractivity contribution in [3.05, 3.63) is 61.4 Å². The number of hydrogen-bond donors (Lipinski definition) is 0. The molecule has 3 aromatic heterocycles. The average molecular weight is 383 g/mol. The number of aryl methyl sites for hydroxylation is 3. The Morgan fingerprint density at radius 2 is 1.78 bits per heavy atom. The Morgan fingerprint density at radius 1 is 1.07 bits per heavy atom. The molecule has 11 heteroatoms. The first-order valence-corrected chi connectivity index (χ1v) is 8.00. The van der Waals surface area contributed by atoms with Crippen molar-refractivity contribution < 1.29 is 13.2 Å². The van der Waals surface area contributed by atoms with Crippen molar-refractivity contribution in [1.29, 1.82) is 0 Å². The van der Waals surface area contributed by atoms with Crippen LogP contribution in [0.25, 0.3) is 11.2 Å². The molecule has 0 aliphatic carbocycles. The van der Waals surface area contributed by atoms with Gasteiger partial charge in [-0.2, -0.15) is 13.2 Å². The van der Waals surface area contributed by atoms with E-state index in [1.165, 1.54) is 28.7 Å². The second-order valence-corrected chi connectivity index (χ2v) is 6.10. The normalized spacial score (nSPS) is 12.0. The maximum atomic E-state index is 12.8. The second kappa shape index (κ2) is 6.56. The van der Waals surface area contributed by atoms with Gasteiger partial charge in [0.05, 0.1) is 6.33 Å². The molecule has 144 valence electrons. The minimum Gasteiger partial charge on any atom is -0.328 e. The zero-order chi connectivity index (χ0) is 19.9. The minimum absolute atomic E-state index is 0.0463. The van der Waals surface area contributed by atoms with E-state index in [0.29, 0.717) is 0 Å². The summed E-state index contributed by atoms with van der Waals surface area (Å²) in [6, 6.07) is 1.85. The maximum Gasteiger partial charge on any atom is 0.421 e. The summed E-state index contributed by atoms with van der Waals surface area (Å²) in [6.07, 6.45) is -1.96. The van der Waals surface area contributed by atoms with E-state index in [9.17, 15) is 27.6 Å². The van der Waals surface area contributed by atoms with Gasteiger partial charge in [0, 0.05) is 33.4 Å². The molecule has 0 fully saturated rings. The van der Waals surface area contributed by atoms with Gasteiger partial charge in [-0.15, -0.1) is 0 Å². The van der Waals surface area contributed by atoms with Gasteiger partial charge in [0.1, 0.15) is 5.56 Å². The molecule has 0 spiro atoms. The lowest BCUT2D eigenvalue weighted by Crippen LogP contribution is -2.40. The van der Waals surface area contributed by atoms with Crippen molar-refractivity contribution in [3.63, 3.8) is 0 Å². The number of alkyl halides is 3. The molecule has 0 unspecified atom stereocenters. The average Bonchev–Trinajstić information content (AvgIpc) is 2.98. The molecule has 0 aliphatic rings. The van der Waals surface area contributed by atoms with Gasteiger partial charge in [0.2, 0.25) is 0 Å². The number of pyridine rings is 1. The molecular weight excluding hydrogens is 367 g/mol. The lowest BCUT2D eigenvalue weighted by Gasteiger charge is -2.11. The minimum atomic E-state index is -4.74. The van der Waals surface area contributed by atoms with Gasteiger partial charge < -0.3 is 9.13 Å². The number of fused-ring (bicyclic) bond motifs is 1. The van der Waals surface area contributed by atoms with Gasteiger partial charge in [0.15, 0.2) is 11.2 Å². The SMILES string of the molecule is Cn1cnc2c1c(=O)n(CCCn1cccc(C(F)(F)F)c1=O)c(=O)n2C. The highest BCUT2D eigenvalue weighted by atomic mass is 19.4. The quantitative estimate of drug-likeness (QED) is 0.664. The van der Waals surface area contributed by atoms with E-state index in [1.54, 1.807) is 7.05 Å². The fraction of sp³-hybridized carbons (Fsp3) is 0.375. The van der Waals surface area contributed by atoms with E-state index in [1.807, 2.05) is 0 Å². The van der Waals surface area contributed by atoms with Crippen LogP contribution in [-0.2, 0) is 33.4 Å². The molecule has 3 aromatic rings. The molecular formula is C16H16F3N5O3. The summed E-state index contributed by atoms with van der Waals surface area (Å²) >= 11 is 0. The zero-order valence-electron chi connectivity index (χ0n) is 14.5. The molecule has 0 aliphatic heterocycles. The molecule has 3 rings (SSSR count). The molecule has 0 bridgehead atoms. The van der Waals surface area contributed by atoms with Gasteiger partial charge >= 0.3 is 11.9 Å². The van der Waals surface area contributed by atoms with Gasteiger partial charge in [-0.1, -0.05) is 0 Å².